The third-order valence-corrected chi connectivity index (χ3v) is 5.03. The third kappa shape index (κ3) is 5.54. The number of halogens is 1. The van der Waals surface area contributed by atoms with E-state index in [-0.39, 0.29) is 34.9 Å². The van der Waals surface area contributed by atoms with Crippen LogP contribution >= 0.6 is 11.6 Å². The van der Waals surface area contributed by atoms with Gasteiger partial charge in [-0.25, -0.2) is 0 Å². The summed E-state index contributed by atoms with van der Waals surface area (Å²) in [5.74, 6) is -0.259. The quantitative estimate of drug-likeness (QED) is 0.693. The highest BCUT2D eigenvalue weighted by atomic mass is 35.5. The largest absolute Gasteiger partial charge is 0.508 e. The summed E-state index contributed by atoms with van der Waals surface area (Å²) in [6.07, 6.45) is 0.587. The first-order valence-electron chi connectivity index (χ1n) is 9.36. The van der Waals surface area contributed by atoms with Crippen LogP contribution in [0.1, 0.15) is 30.1 Å². The van der Waals surface area contributed by atoms with E-state index in [1.165, 1.54) is 12.1 Å². The number of piperidine rings is 1. The minimum atomic E-state index is -0.627. The van der Waals surface area contributed by atoms with E-state index >= 15 is 0 Å². The Morgan fingerprint density at radius 2 is 1.69 bits per heavy atom. The zero-order chi connectivity index (χ0) is 21.0. The predicted octanol–water partition coefficient (Wildman–Crippen LogP) is 2.94. The fourth-order valence-electron chi connectivity index (χ4n) is 3.26. The summed E-state index contributed by atoms with van der Waals surface area (Å²) < 4.78 is 5.69. The average Bonchev–Trinajstić information content (AvgIpc) is 2.69. The molecule has 3 N–H and O–H groups in total. The van der Waals surface area contributed by atoms with Crippen molar-refractivity contribution in [2.24, 2.45) is 0 Å². The van der Waals surface area contributed by atoms with Crippen LogP contribution in [0, 0.1) is 0 Å². The van der Waals surface area contributed by atoms with Gasteiger partial charge in [-0.2, -0.15) is 0 Å². The zero-order valence-corrected chi connectivity index (χ0v) is 16.7. The second-order valence-corrected chi connectivity index (χ2v) is 7.46. The number of amides is 2. The Bertz CT molecular complexity index is 859. The number of likely N-dealkylation sites (tertiary alicyclic amines) is 1. The smallest absolute Gasteiger partial charge is 0.263 e. The number of phenols is 2. The van der Waals surface area contributed by atoms with Crippen molar-refractivity contribution in [3.63, 3.8) is 0 Å². The molecule has 0 spiro atoms. The first-order chi connectivity index (χ1) is 13.8. The van der Waals surface area contributed by atoms with E-state index in [0.717, 1.165) is 6.07 Å². The van der Waals surface area contributed by atoms with Crippen LogP contribution in [0.2, 0.25) is 5.02 Å². The number of phenolic OH excluding ortho intramolecular Hbond substituents is 2. The van der Waals surface area contributed by atoms with E-state index in [0.29, 0.717) is 36.7 Å². The predicted molar refractivity (Wildman–Crippen MR) is 108 cm³/mol. The van der Waals surface area contributed by atoms with Crippen molar-refractivity contribution in [3.05, 3.63) is 53.1 Å². The molecule has 3 rings (SSSR count). The van der Waals surface area contributed by atoms with Crippen molar-refractivity contribution in [1.29, 1.82) is 0 Å². The Morgan fingerprint density at radius 1 is 1.10 bits per heavy atom. The maximum atomic E-state index is 12.6. The molecule has 1 aliphatic rings. The number of nitrogens with one attached hydrogen (secondary N) is 1. The van der Waals surface area contributed by atoms with Crippen molar-refractivity contribution < 1.29 is 24.5 Å². The molecule has 0 saturated carbocycles. The minimum absolute atomic E-state index is 0.0940. The van der Waals surface area contributed by atoms with E-state index in [1.807, 2.05) is 0 Å². The molecule has 0 bridgehead atoms. The summed E-state index contributed by atoms with van der Waals surface area (Å²) in [6.45, 7) is 2.71. The zero-order valence-electron chi connectivity index (χ0n) is 16.0. The summed E-state index contributed by atoms with van der Waals surface area (Å²) in [5, 5.41) is 22.5. The number of nitrogens with zero attached hydrogens (tertiary/aromatic N) is 1. The van der Waals surface area contributed by atoms with Gasteiger partial charge in [-0.05, 0) is 56.2 Å². The molecule has 1 heterocycles. The number of hydrogen-bond acceptors (Lipinski definition) is 5. The number of aromatic hydroxyl groups is 2. The molecule has 2 amide bonds. The molecule has 0 aromatic heterocycles. The van der Waals surface area contributed by atoms with Gasteiger partial charge in [-0.1, -0.05) is 11.6 Å². The number of hydrogen-bond donors (Lipinski definition) is 3. The Balaban J connectivity index is 1.49. The van der Waals surface area contributed by atoms with E-state index in [9.17, 15) is 19.8 Å². The lowest BCUT2D eigenvalue weighted by atomic mass is 10.0. The average molecular weight is 419 g/mol. The van der Waals surface area contributed by atoms with Crippen LogP contribution < -0.4 is 10.1 Å². The fourth-order valence-corrected chi connectivity index (χ4v) is 3.39. The molecular weight excluding hydrogens is 396 g/mol. The molecule has 1 unspecified atom stereocenters. The summed E-state index contributed by atoms with van der Waals surface area (Å²) in [6, 6.07) is 10.5. The second-order valence-electron chi connectivity index (χ2n) is 7.03. The van der Waals surface area contributed by atoms with E-state index in [2.05, 4.69) is 5.32 Å². The van der Waals surface area contributed by atoms with Crippen LogP contribution in [-0.2, 0) is 4.79 Å². The van der Waals surface area contributed by atoms with E-state index in [1.54, 1.807) is 36.1 Å². The first-order valence-corrected chi connectivity index (χ1v) is 9.74. The molecule has 154 valence electrons. The maximum Gasteiger partial charge on any atom is 0.263 e. The lowest BCUT2D eigenvalue weighted by molar-refractivity contribution is -0.139. The van der Waals surface area contributed by atoms with Gasteiger partial charge in [0.2, 0.25) is 0 Å². The monoisotopic (exact) mass is 418 g/mol. The molecule has 0 aliphatic carbocycles. The van der Waals surface area contributed by atoms with E-state index in [4.69, 9.17) is 16.3 Å². The van der Waals surface area contributed by atoms with Crippen molar-refractivity contribution in [2.75, 3.05) is 13.1 Å². The number of benzene rings is 2. The van der Waals surface area contributed by atoms with Crippen LogP contribution in [-0.4, -0.2) is 52.2 Å². The van der Waals surface area contributed by atoms with Gasteiger partial charge in [-0.15, -0.1) is 0 Å². The summed E-state index contributed by atoms with van der Waals surface area (Å²) in [5.41, 5.74) is 0.186. The number of ether oxygens (including phenoxy) is 1. The van der Waals surface area contributed by atoms with Gasteiger partial charge in [0.15, 0.2) is 6.10 Å². The van der Waals surface area contributed by atoms with Crippen molar-refractivity contribution in [3.8, 4) is 17.2 Å². The normalized spacial score (nSPS) is 15.6. The van der Waals surface area contributed by atoms with E-state index < -0.39 is 6.10 Å². The van der Waals surface area contributed by atoms with Gasteiger partial charge in [-0.3, -0.25) is 9.59 Å². The van der Waals surface area contributed by atoms with Gasteiger partial charge < -0.3 is 25.2 Å². The molecule has 2 aromatic carbocycles. The molecule has 1 fully saturated rings. The summed E-state index contributed by atoms with van der Waals surface area (Å²) >= 11 is 5.85. The van der Waals surface area contributed by atoms with Crippen LogP contribution in [0.4, 0.5) is 0 Å². The highest BCUT2D eigenvalue weighted by molar-refractivity contribution is 6.30. The van der Waals surface area contributed by atoms with Gasteiger partial charge in [0.05, 0.1) is 0 Å². The Hall–Kier alpha value is -2.93. The molecule has 0 radical (unpaired) electrons. The topological polar surface area (TPSA) is 99.1 Å². The lowest BCUT2D eigenvalue weighted by Crippen LogP contribution is -2.49. The fraction of sp³-hybridized carbons (Fsp3) is 0.333. The SMILES string of the molecule is CC(Oc1ccc(Cl)cc1)C(=O)N1CCC(NC(=O)c2cc(O)cc(O)c2)CC1. The molecule has 1 atom stereocenters. The molecule has 29 heavy (non-hydrogen) atoms. The summed E-state index contributed by atoms with van der Waals surface area (Å²) in [4.78, 5) is 26.7. The molecule has 7 nitrogen and oxygen atoms in total. The molecule has 8 heteroatoms. The van der Waals surface area contributed by atoms with Crippen LogP contribution in [0.3, 0.4) is 0 Å². The third-order valence-electron chi connectivity index (χ3n) is 4.78. The number of carbonyl (C=O) groups is 2. The minimum Gasteiger partial charge on any atom is -0.508 e. The first kappa shape index (κ1) is 20.8. The van der Waals surface area contributed by atoms with Crippen LogP contribution in [0.25, 0.3) is 0 Å². The summed E-state index contributed by atoms with van der Waals surface area (Å²) in [7, 11) is 0. The van der Waals surface area contributed by atoms with Crippen LogP contribution in [0.15, 0.2) is 42.5 Å². The number of carbonyl (C=O) groups excluding carboxylic acids is 2. The van der Waals surface area contributed by atoms with Crippen LogP contribution in [0.5, 0.6) is 17.2 Å². The Labute approximate surface area is 173 Å². The van der Waals surface area contributed by atoms with Gasteiger partial charge in [0, 0.05) is 35.8 Å². The maximum absolute atomic E-state index is 12.6. The number of rotatable bonds is 5. The molecule has 1 saturated heterocycles. The highest BCUT2D eigenvalue weighted by Gasteiger charge is 2.28. The van der Waals surface area contributed by atoms with Crippen molar-refractivity contribution in [1.82, 2.24) is 10.2 Å². The van der Waals surface area contributed by atoms with Gasteiger partial charge >= 0.3 is 0 Å². The molecule has 1 aliphatic heterocycles. The standard InChI is InChI=1S/C21H23ClN2O5/c1-13(29-19-4-2-15(22)3-5-19)21(28)24-8-6-16(7-9-24)23-20(27)14-10-17(25)12-18(26)11-14/h2-5,10-13,16,25-26H,6-9H2,1H3,(H,23,27). The van der Waals surface area contributed by atoms with Crippen molar-refractivity contribution in [2.45, 2.75) is 31.9 Å². The Morgan fingerprint density at radius 3 is 2.28 bits per heavy atom. The Kier molecular flexibility index (Phi) is 6.49. The van der Waals surface area contributed by atoms with Gasteiger partial charge in [0.25, 0.3) is 11.8 Å². The molecule has 2 aromatic rings. The molecular formula is C21H23ClN2O5. The van der Waals surface area contributed by atoms with Crippen molar-refractivity contribution >= 4 is 23.4 Å². The lowest BCUT2D eigenvalue weighted by Gasteiger charge is -2.33. The second kappa shape index (κ2) is 9.05. The highest BCUT2D eigenvalue weighted by Crippen LogP contribution is 2.21. The van der Waals surface area contributed by atoms with Gasteiger partial charge in [0.1, 0.15) is 17.2 Å².